The third kappa shape index (κ3) is 3.05. The Morgan fingerprint density at radius 2 is 2.21 bits per heavy atom. The highest BCUT2D eigenvalue weighted by Gasteiger charge is 2.29. The number of carbonyl (C=O) groups excluding carboxylic acids is 2. The third-order valence-electron chi connectivity index (χ3n) is 3.32. The van der Waals surface area contributed by atoms with Crippen LogP contribution in [0.1, 0.15) is 24.8 Å². The minimum atomic E-state index is -0.597. The Bertz CT molecular complexity index is 487. The molecule has 0 saturated carbocycles. The van der Waals surface area contributed by atoms with Gasteiger partial charge in [0.15, 0.2) is 0 Å². The van der Waals surface area contributed by atoms with E-state index < -0.39 is 12.0 Å². The van der Waals surface area contributed by atoms with Crippen molar-refractivity contribution in [1.29, 1.82) is 0 Å². The number of methoxy groups -OCH3 is 1. The predicted octanol–water partition coefficient (Wildman–Crippen LogP) is 1.26. The third-order valence-corrected chi connectivity index (χ3v) is 3.32. The maximum Gasteiger partial charge on any atom is 0.328 e. The largest absolute Gasteiger partial charge is 0.467 e. The van der Waals surface area contributed by atoms with Crippen LogP contribution in [-0.4, -0.2) is 31.6 Å². The second-order valence-corrected chi connectivity index (χ2v) is 4.68. The lowest BCUT2D eigenvalue weighted by molar-refractivity contribution is -0.145. The summed E-state index contributed by atoms with van der Waals surface area (Å²) < 4.78 is 4.74. The number of ether oxygens (including phenoxy) is 1. The van der Waals surface area contributed by atoms with Gasteiger partial charge in [-0.05, 0) is 18.1 Å². The summed E-state index contributed by atoms with van der Waals surface area (Å²) in [6.07, 6.45) is 0.538. The summed E-state index contributed by atoms with van der Waals surface area (Å²) in [7, 11) is 1.33. The number of benzene rings is 1. The molecule has 0 spiro atoms. The van der Waals surface area contributed by atoms with Crippen LogP contribution in [0.2, 0.25) is 0 Å². The van der Waals surface area contributed by atoms with Crippen LogP contribution in [0.5, 0.6) is 0 Å². The fourth-order valence-corrected chi connectivity index (χ4v) is 2.45. The number of esters is 1. The molecule has 0 radical (unpaired) electrons. The van der Waals surface area contributed by atoms with Crippen LogP contribution in [-0.2, 0) is 14.3 Å². The van der Waals surface area contributed by atoms with E-state index >= 15 is 0 Å². The van der Waals surface area contributed by atoms with E-state index in [9.17, 15) is 9.59 Å². The van der Waals surface area contributed by atoms with Gasteiger partial charge in [-0.2, -0.15) is 0 Å². The topological polar surface area (TPSA) is 67.4 Å². The number of anilines is 1. The Labute approximate surface area is 112 Å². The number of rotatable bonds is 4. The summed E-state index contributed by atoms with van der Waals surface area (Å²) in [5.41, 5.74) is 2.28. The number of fused-ring (bicyclic) bond motifs is 1. The second-order valence-electron chi connectivity index (χ2n) is 4.68. The quantitative estimate of drug-likeness (QED) is 0.802. The van der Waals surface area contributed by atoms with Gasteiger partial charge in [0, 0.05) is 25.1 Å². The van der Waals surface area contributed by atoms with E-state index in [1.165, 1.54) is 19.6 Å². The molecule has 1 aromatic rings. The fourth-order valence-electron chi connectivity index (χ4n) is 2.45. The van der Waals surface area contributed by atoms with Gasteiger partial charge in [0.25, 0.3) is 0 Å². The number of hydrogen-bond acceptors (Lipinski definition) is 4. The minimum absolute atomic E-state index is 0.201. The Balaban J connectivity index is 2.10. The molecule has 1 aliphatic rings. The van der Waals surface area contributed by atoms with Gasteiger partial charge < -0.3 is 15.4 Å². The molecule has 2 atom stereocenters. The molecule has 0 bridgehead atoms. The number of hydrogen-bond donors (Lipinski definition) is 2. The highest BCUT2D eigenvalue weighted by atomic mass is 16.5. The molecule has 0 aromatic heterocycles. The van der Waals surface area contributed by atoms with Crippen LogP contribution >= 0.6 is 0 Å². The van der Waals surface area contributed by atoms with Crippen molar-refractivity contribution in [2.45, 2.75) is 25.3 Å². The van der Waals surface area contributed by atoms with Crippen molar-refractivity contribution in [2.24, 2.45) is 0 Å². The first-order valence-electron chi connectivity index (χ1n) is 6.29. The van der Waals surface area contributed by atoms with Crippen molar-refractivity contribution >= 4 is 17.6 Å². The molecular weight excluding hydrogens is 244 g/mol. The SMILES string of the molecule is COC(=O)C(CC1CNc2ccccc21)NC(C)=O. The van der Waals surface area contributed by atoms with Crippen LogP contribution in [0.25, 0.3) is 0 Å². The van der Waals surface area contributed by atoms with Gasteiger partial charge in [-0.25, -0.2) is 4.79 Å². The van der Waals surface area contributed by atoms with Gasteiger partial charge in [0.1, 0.15) is 6.04 Å². The van der Waals surface area contributed by atoms with Crippen molar-refractivity contribution in [1.82, 2.24) is 5.32 Å². The van der Waals surface area contributed by atoms with E-state index in [0.717, 1.165) is 12.2 Å². The first-order valence-corrected chi connectivity index (χ1v) is 6.29. The zero-order chi connectivity index (χ0) is 13.8. The maximum atomic E-state index is 11.7. The molecule has 5 heteroatoms. The number of nitrogens with one attached hydrogen (secondary N) is 2. The van der Waals surface area contributed by atoms with E-state index in [1.54, 1.807) is 0 Å². The molecule has 5 nitrogen and oxygen atoms in total. The summed E-state index contributed by atoms with van der Waals surface area (Å²) >= 11 is 0. The molecule has 1 amide bonds. The summed E-state index contributed by atoms with van der Waals surface area (Å²) in [5, 5.41) is 5.95. The van der Waals surface area contributed by atoms with Crippen LogP contribution in [0.3, 0.4) is 0 Å². The Morgan fingerprint density at radius 3 is 2.89 bits per heavy atom. The Morgan fingerprint density at radius 1 is 1.47 bits per heavy atom. The lowest BCUT2D eigenvalue weighted by Crippen LogP contribution is -2.41. The summed E-state index contributed by atoms with van der Waals surface area (Å²) in [5.74, 6) is -0.429. The van der Waals surface area contributed by atoms with Crippen molar-refractivity contribution in [3.05, 3.63) is 29.8 Å². The average Bonchev–Trinajstić information content (AvgIpc) is 2.80. The van der Waals surface area contributed by atoms with Crippen molar-refractivity contribution in [3.8, 4) is 0 Å². The molecular formula is C14H18N2O3. The number of carbonyl (C=O) groups is 2. The monoisotopic (exact) mass is 262 g/mol. The van der Waals surface area contributed by atoms with E-state index in [2.05, 4.69) is 10.6 Å². The van der Waals surface area contributed by atoms with Gasteiger partial charge in [-0.3, -0.25) is 4.79 Å². The zero-order valence-corrected chi connectivity index (χ0v) is 11.1. The smallest absolute Gasteiger partial charge is 0.328 e. The minimum Gasteiger partial charge on any atom is -0.467 e. The molecule has 2 rings (SSSR count). The molecule has 0 aliphatic carbocycles. The molecule has 102 valence electrons. The molecule has 0 fully saturated rings. The maximum absolute atomic E-state index is 11.7. The standard InChI is InChI=1S/C14H18N2O3/c1-9(17)16-13(14(18)19-2)7-10-8-15-12-6-4-3-5-11(10)12/h3-6,10,13,15H,7-8H2,1-2H3,(H,16,17). The first kappa shape index (κ1) is 13.4. The lowest BCUT2D eigenvalue weighted by Gasteiger charge is -2.19. The number of amides is 1. The summed E-state index contributed by atoms with van der Waals surface area (Å²) in [6.45, 7) is 2.17. The summed E-state index contributed by atoms with van der Waals surface area (Å²) in [6, 6.07) is 7.41. The van der Waals surface area contributed by atoms with Crippen molar-refractivity contribution < 1.29 is 14.3 Å². The normalized spacial score (nSPS) is 18.1. The summed E-state index contributed by atoms with van der Waals surface area (Å²) in [4.78, 5) is 22.8. The lowest BCUT2D eigenvalue weighted by atomic mass is 9.94. The average molecular weight is 262 g/mol. The van der Waals surface area contributed by atoms with Gasteiger partial charge in [0.2, 0.25) is 5.91 Å². The number of para-hydroxylation sites is 1. The molecule has 19 heavy (non-hydrogen) atoms. The second kappa shape index (κ2) is 5.73. The van der Waals surface area contributed by atoms with E-state index in [0.29, 0.717) is 6.42 Å². The van der Waals surface area contributed by atoms with Gasteiger partial charge >= 0.3 is 5.97 Å². The van der Waals surface area contributed by atoms with Crippen molar-refractivity contribution in [3.63, 3.8) is 0 Å². The van der Waals surface area contributed by atoms with Crippen molar-refractivity contribution in [2.75, 3.05) is 19.0 Å². The highest BCUT2D eigenvalue weighted by Crippen LogP contribution is 2.34. The van der Waals surface area contributed by atoms with Crippen LogP contribution in [0, 0.1) is 0 Å². The Hall–Kier alpha value is -2.04. The molecule has 1 aliphatic heterocycles. The molecule has 2 unspecified atom stereocenters. The van der Waals surface area contributed by atoms with Gasteiger partial charge in [-0.15, -0.1) is 0 Å². The highest BCUT2D eigenvalue weighted by molar-refractivity contribution is 5.83. The van der Waals surface area contributed by atoms with Crippen LogP contribution in [0.4, 0.5) is 5.69 Å². The fraction of sp³-hybridized carbons (Fsp3) is 0.429. The Kier molecular flexibility index (Phi) is 4.04. The van der Waals surface area contributed by atoms with Crippen LogP contribution < -0.4 is 10.6 Å². The zero-order valence-electron chi connectivity index (χ0n) is 11.1. The van der Waals surface area contributed by atoms with Gasteiger partial charge in [-0.1, -0.05) is 18.2 Å². The van der Waals surface area contributed by atoms with E-state index in [1.807, 2.05) is 24.3 Å². The molecule has 0 saturated heterocycles. The van der Waals surface area contributed by atoms with E-state index in [-0.39, 0.29) is 11.8 Å². The molecule has 1 aromatic carbocycles. The first-order chi connectivity index (χ1) is 9.11. The molecule has 2 N–H and O–H groups in total. The molecule has 1 heterocycles. The van der Waals surface area contributed by atoms with Crippen LogP contribution in [0.15, 0.2) is 24.3 Å². The van der Waals surface area contributed by atoms with E-state index in [4.69, 9.17) is 4.74 Å². The predicted molar refractivity (Wildman–Crippen MR) is 71.9 cm³/mol. The van der Waals surface area contributed by atoms with Gasteiger partial charge in [0.05, 0.1) is 7.11 Å².